The molecule has 0 radical (unpaired) electrons. The molecule has 8 nitrogen and oxygen atoms in total. The minimum atomic E-state index is -0.948. The summed E-state index contributed by atoms with van der Waals surface area (Å²) in [5, 5.41) is 24.2. The molecule has 0 saturated heterocycles. The van der Waals surface area contributed by atoms with Crippen LogP contribution in [0.1, 0.15) is 28.4 Å². The number of hydrazone groups is 1. The molecule has 1 N–H and O–H groups in total. The van der Waals surface area contributed by atoms with Crippen molar-refractivity contribution in [2.45, 2.75) is 19.8 Å². The summed E-state index contributed by atoms with van der Waals surface area (Å²) in [6.07, 6.45) is 1.52. The van der Waals surface area contributed by atoms with Gasteiger partial charge in [0.1, 0.15) is 0 Å². The normalized spacial score (nSPS) is 11.8. The van der Waals surface area contributed by atoms with E-state index in [1.807, 2.05) is 36.6 Å². The zero-order chi connectivity index (χ0) is 21.7. The average molecular weight is 401 g/mol. The molecular weight excluding hydrogens is 382 g/mol. The monoisotopic (exact) mass is 401 g/mol. The lowest BCUT2D eigenvalue weighted by atomic mass is 10.0. The first-order valence-corrected chi connectivity index (χ1v) is 9.13. The number of hydrogen-bond donors (Lipinski definition) is 1. The Morgan fingerprint density at radius 3 is 2.47 bits per heavy atom. The van der Waals surface area contributed by atoms with Gasteiger partial charge in [0.25, 0.3) is 11.6 Å². The highest BCUT2D eigenvalue weighted by molar-refractivity contribution is 5.88. The van der Waals surface area contributed by atoms with Crippen LogP contribution in [0.4, 0.5) is 5.69 Å². The molecule has 0 fully saturated rings. The second-order valence-corrected chi connectivity index (χ2v) is 6.64. The van der Waals surface area contributed by atoms with Crippen LogP contribution in [0.3, 0.4) is 0 Å². The topological polar surface area (TPSA) is 113 Å². The number of hydrogen-bond acceptors (Lipinski definition) is 5. The third kappa shape index (κ3) is 4.25. The van der Waals surface area contributed by atoms with Crippen LogP contribution in [0.5, 0.6) is 0 Å². The van der Waals surface area contributed by atoms with Gasteiger partial charge in [-0.25, -0.2) is 5.43 Å². The van der Waals surface area contributed by atoms with Gasteiger partial charge in [-0.3, -0.25) is 14.9 Å². The third-order valence-electron chi connectivity index (χ3n) is 4.69. The highest BCUT2D eigenvalue weighted by Gasteiger charge is 2.19. The Labute approximate surface area is 173 Å². The highest BCUT2D eigenvalue weighted by atomic mass is 16.6. The van der Waals surface area contributed by atoms with E-state index in [-0.39, 0.29) is 5.69 Å². The highest BCUT2D eigenvalue weighted by Crippen LogP contribution is 2.22. The number of nitrogens with one attached hydrogen (secondary N) is 1. The van der Waals surface area contributed by atoms with Crippen LogP contribution >= 0.6 is 0 Å². The third-order valence-corrected chi connectivity index (χ3v) is 4.69. The van der Waals surface area contributed by atoms with Crippen molar-refractivity contribution >= 4 is 17.8 Å². The molecule has 0 aliphatic heterocycles. The molecule has 1 amide bonds. The first kappa shape index (κ1) is 20.5. The summed E-state index contributed by atoms with van der Waals surface area (Å²) in [6.45, 7) is 3.80. The molecule has 1 aromatic heterocycles. The number of nitro groups is 1. The van der Waals surface area contributed by atoms with Crippen LogP contribution in [0.15, 0.2) is 65.8 Å². The van der Waals surface area contributed by atoms with Crippen LogP contribution in [0, 0.1) is 35.3 Å². The summed E-state index contributed by atoms with van der Waals surface area (Å²) < 4.78 is 1.94. The molecule has 1 atom stereocenters. The van der Waals surface area contributed by atoms with Crippen molar-refractivity contribution in [3.63, 3.8) is 0 Å². The quantitative estimate of drug-likeness (QED) is 0.385. The second kappa shape index (κ2) is 8.84. The van der Waals surface area contributed by atoms with Crippen LogP contribution in [-0.4, -0.2) is 21.6 Å². The van der Waals surface area contributed by atoms with E-state index in [0.717, 1.165) is 22.6 Å². The summed E-state index contributed by atoms with van der Waals surface area (Å²) in [6, 6.07) is 18.9. The van der Waals surface area contributed by atoms with E-state index < -0.39 is 16.7 Å². The van der Waals surface area contributed by atoms with E-state index in [2.05, 4.69) is 10.5 Å². The number of nitriles is 1. The van der Waals surface area contributed by atoms with E-state index in [1.54, 1.807) is 36.4 Å². The van der Waals surface area contributed by atoms with Crippen molar-refractivity contribution in [2.75, 3.05) is 0 Å². The SMILES string of the molecule is Cc1cc(/C=N\NC(=O)[C@@H](C#N)c2ccccc2)c(C)n1-c1ccc([N+](=O)[O-])cc1. The van der Waals surface area contributed by atoms with E-state index in [9.17, 15) is 20.2 Å². The number of non-ortho nitro benzene ring substituents is 1. The van der Waals surface area contributed by atoms with Crippen molar-refractivity contribution in [1.29, 1.82) is 5.26 Å². The van der Waals surface area contributed by atoms with Gasteiger partial charge in [0, 0.05) is 34.8 Å². The minimum absolute atomic E-state index is 0.0242. The summed E-state index contributed by atoms with van der Waals surface area (Å²) >= 11 is 0. The van der Waals surface area contributed by atoms with Gasteiger partial charge < -0.3 is 4.57 Å². The summed E-state index contributed by atoms with van der Waals surface area (Å²) in [5.41, 5.74) is 6.38. The van der Waals surface area contributed by atoms with Crippen molar-refractivity contribution in [1.82, 2.24) is 9.99 Å². The predicted molar refractivity (Wildman–Crippen MR) is 112 cm³/mol. The first-order valence-electron chi connectivity index (χ1n) is 9.13. The number of benzene rings is 2. The van der Waals surface area contributed by atoms with Crippen LogP contribution in [0.25, 0.3) is 5.69 Å². The Hall–Kier alpha value is -4.25. The number of carbonyl (C=O) groups is 1. The largest absolute Gasteiger partial charge is 0.318 e. The molecule has 8 heteroatoms. The van der Waals surface area contributed by atoms with E-state index in [0.29, 0.717) is 5.56 Å². The summed E-state index contributed by atoms with van der Waals surface area (Å²) in [5.74, 6) is -1.46. The minimum Gasteiger partial charge on any atom is -0.318 e. The molecule has 1 heterocycles. The number of aryl methyl sites for hydroxylation is 1. The molecule has 0 spiro atoms. The number of rotatable bonds is 6. The fourth-order valence-electron chi connectivity index (χ4n) is 3.20. The van der Waals surface area contributed by atoms with Crippen molar-refractivity contribution in [3.05, 3.63) is 93.3 Å². The van der Waals surface area contributed by atoms with Crippen molar-refractivity contribution < 1.29 is 9.72 Å². The number of carbonyl (C=O) groups excluding carboxylic acids is 1. The van der Waals surface area contributed by atoms with Gasteiger partial charge in [-0.15, -0.1) is 0 Å². The predicted octanol–water partition coefficient (Wildman–Crippen LogP) is 3.76. The molecular formula is C22H19N5O3. The first-order chi connectivity index (χ1) is 14.4. The molecule has 0 saturated carbocycles. The Bertz CT molecular complexity index is 1140. The number of nitrogens with zero attached hydrogens (tertiary/aromatic N) is 4. The van der Waals surface area contributed by atoms with Crippen LogP contribution < -0.4 is 5.43 Å². The Balaban J connectivity index is 1.77. The van der Waals surface area contributed by atoms with Gasteiger partial charge in [-0.1, -0.05) is 30.3 Å². The van der Waals surface area contributed by atoms with E-state index in [4.69, 9.17) is 0 Å². The van der Waals surface area contributed by atoms with Crippen LogP contribution in [0.2, 0.25) is 0 Å². The average Bonchev–Trinajstić information content (AvgIpc) is 3.02. The standard InChI is InChI=1S/C22H19N5O3/c1-15-12-18(16(2)26(15)19-8-10-20(11-9-19)27(29)30)14-24-25-22(28)21(13-23)17-6-4-3-5-7-17/h3-12,14,21H,1-2H3,(H,25,28)/b24-14-/t21-/m0/s1. The van der Waals surface area contributed by atoms with Gasteiger partial charge in [-0.05, 0) is 37.6 Å². The van der Waals surface area contributed by atoms with Gasteiger partial charge in [-0.2, -0.15) is 10.4 Å². The molecule has 150 valence electrons. The van der Waals surface area contributed by atoms with Crippen molar-refractivity contribution in [2.24, 2.45) is 5.10 Å². The fraction of sp³-hybridized carbons (Fsp3) is 0.136. The smallest absolute Gasteiger partial charge is 0.269 e. The second-order valence-electron chi connectivity index (χ2n) is 6.64. The van der Waals surface area contributed by atoms with Crippen molar-refractivity contribution in [3.8, 4) is 11.8 Å². The molecule has 0 aliphatic carbocycles. The Morgan fingerprint density at radius 1 is 1.20 bits per heavy atom. The van der Waals surface area contributed by atoms with E-state index >= 15 is 0 Å². The summed E-state index contributed by atoms with van der Waals surface area (Å²) in [7, 11) is 0. The molecule has 3 aromatic rings. The lowest BCUT2D eigenvalue weighted by Crippen LogP contribution is -2.24. The van der Waals surface area contributed by atoms with Gasteiger partial charge >= 0.3 is 0 Å². The zero-order valence-corrected chi connectivity index (χ0v) is 16.4. The lowest BCUT2D eigenvalue weighted by Gasteiger charge is -2.09. The molecule has 0 aliphatic rings. The number of aromatic nitrogens is 1. The maximum absolute atomic E-state index is 12.3. The molecule has 3 rings (SSSR count). The number of amides is 1. The van der Waals surface area contributed by atoms with E-state index in [1.165, 1.54) is 18.3 Å². The zero-order valence-electron chi connectivity index (χ0n) is 16.4. The Morgan fingerprint density at radius 2 is 1.87 bits per heavy atom. The Kier molecular flexibility index (Phi) is 6.03. The van der Waals surface area contributed by atoms with Crippen LogP contribution in [-0.2, 0) is 4.79 Å². The number of nitro benzene ring substituents is 1. The molecule has 2 aromatic carbocycles. The molecule has 0 bridgehead atoms. The lowest BCUT2D eigenvalue weighted by molar-refractivity contribution is -0.384. The summed E-state index contributed by atoms with van der Waals surface area (Å²) in [4.78, 5) is 22.7. The van der Waals surface area contributed by atoms with Gasteiger partial charge in [0.15, 0.2) is 5.92 Å². The molecule has 0 unspecified atom stereocenters. The van der Waals surface area contributed by atoms with Gasteiger partial charge in [0.2, 0.25) is 0 Å². The maximum atomic E-state index is 12.3. The van der Waals surface area contributed by atoms with Gasteiger partial charge in [0.05, 0.1) is 17.2 Å². The molecule has 30 heavy (non-hydrogen) atoms. The maximum Gasteiger partial charge on any atom is 0.269 e. The fourth-order valence-corrected chi connectivity index (χ4v) is 3.20.